The molecule has 0 saturated heterocycles. The van der Waals surface area contributed by atoms with Crippen molar-refractivity contribution >= 4 is 5.78 Å². The molecule has 1 atom stereocenters. The van der Waals surface area contributed by atoms with Crippen molar-refractivity contribution in [1.82, 2.24) is 0 Å². The molecule has 0 aliphatic heterocycles. The zero-order valence-corrected chi connectivity index (χ0v) is 8.59. The summed E-state index contributed by atoms with van der Waals surface area (Å²) in [5, 5.41) is 0. The van der Waals surface area contributed by atoms with Gasteiger partial charge in [0, 0.05) is 6.42 Å². The van der Waals surface area contributed by atoms with E-state index in [9.17, 15) is 4.79 Å². The van der Waals surface area contributed by atoms with Gasteiger partial charge in [0.25, 0.3) is 0 Å². The standard InChI is InChI=1S/C11H21NO/c1-3-5-10(8-9-12)6-7-11(13)4-2/h4,10H,2-3,5-9,12H2,1H3. The Labute approximate surface area is 81.2 Å². The molecule has 1 unspecified atom stereocenters. The van der Waals surface area contributed by atoms with E-state index in [1.54, 1.807) is 0 Å². The molecule has 2 N–H and O–H groups in total. The van der Waals surface area contributed by atoms with Crippen molar-refractivity contribution in [2.24, 2.45) is 11.7 Å². The van der Waals surface area contributed by atoms with E-state index in [1.807, 2.05) is 0 Å². The van der Waals surface area contributed by atoms with E-state index in [-0.39, 0.29) is 5.78 Å². The molecule has 0 bridgehead atoms. The zero-order valence-electron chi connectivity index (χ0n) is 8.59. The third-order valence-corrected chi connectivity index (χ3v) is 2.30. The Morgan fingerprint density at radius 1 is 1.46 bits per heavy atom. The van der Waals surface area contributed by atoms with Crippen LogP contribution in [0.1, 0.15) is 39.0 Å². The molecule has 2 heteroatoms. The highest BCUT2D eigenvalue weighted by Gasteiger charge is 2.07. The molecule has 13 heavy (non-hydrogen) atoms. The molecule has 0 rings (SSSR count). The van der Waals surface area contributed by atoms with Crippen LogP contribution in [0.4, 0.5) is 0 Å². The van der Waals surface area contributed by atoms with Crippen LogP contribution in [0.15, 0.2) is 12.7 Å². The van der Waals surface area contributed by atoms with Gasteiger partial charge in [-0.15, -0.1) is 0 Å². The number of rotatable bonds is 8. The minimum atomic E-state index is 0.151. The van der Waals surface area contributed by atoms with Crippen molar-refractivity contribution in [2.45, 2.75) is 39.0 Å². The van der Waals surface area contributed by atoms with Crippen molar-refractivity contribution < 1.29 is 4.79 Å². The second kappa shape index (κ2) is 7.99. The summed E-state index contributed by atoms with van der Waals surface area (Å²) in [7, 11) is 0. The first-order valence-corrected chi connectivity index (χ1v) is 5.09. The van der Waals surface area contributed by atoms with Gasteiger partial charge < -0.3 is 5.73 Å². The van der Waals surface area contributed by atoms with Crippen LogP contribution in [0.5, 0.6) is 0 Å². The number of carbonyl (C=O) groups is 1. The van der Waals surface area contributed by atoms with Gasteiger partial charge in [-0.25, -0.2) is 0 Å². The summed E-state index contributed by atoms with van der Waals surface area (Å²) >= 11 is 0. The number of hydrogen-bond donors (Lipinski definition) is 1. The highest BCUT2D eigenvalue weighted by molar-refractivity contribution is 5.88. The fourth-order valence-corrected chi connectivity index (χ4v) is 1.53. The van der Waals surface area contributed by atoms with E-state index >= 15 is 0 Å². The molecule has 0 saturated carbocycles. The zero-order chi connectivity index (χ0) is 10.1. The Bertz CT molecular complexity index is 148. The molecule has 0 spiro atoms. The minimum absolute atomic E-state index is 0.151. The highest BCUT2D eigenvalue weighted by Crippen LogP contribution is 2.16. The molecule has 0 fully saturated rings. The summed E-state index contributed by atoms with van der Waals surface area (Å²) < 4.78 is 0. The quantitative estimate of drug-likeness (QED) is 0.587. The van der Waals surface area contributed by atoms with Gasteiger partial charge in [-0.2, -0.15) is 0 Å². The van der Waals surface area contributed by atoms with Crippen LogP contribution in [-0.2, 0) is 4.79 Å². The van der Waals surface area contributed by atoms with E-state index in [0.29, 0.717) is 12.3 Å². The second-order valence-electron chi connectivity index (χ2n) is 3.44. The van der Waals surface area contributed by atoms with Gasteiger partial charge in [0.1, 0.15) is 0 Å². The first kappa shape index (κ1) is 12.4. The maximum absolute atomic E-state index is 11.0. The van der Waals surface area contributed by atoms with E-state index in [4.69, 9.17) is 5.73 Å². The second-order valence-corrected chi connectivity index (χ2v) is 3.44. The summed E-state index contributed by atoms with van der Waals surface area (Å²) in [6.45, 7) is 6.35. The molecule has 76 valence electrons. The van der Waals surface area contributed by atoms with E-state index < -0.39 is 0 Å². The van der Waals surface area contributed by atoms with Crippen LogP contribution in [0.25, 0.3) is 0 Å². The lowest BCUT2D eigenvalue weighted by Gasteiger charge is -2.13. The molecule has 2 nitrogen and oxygen atoms in total. The maximum Gasteiger partial charge on any atom is 0.155 e. The molecule has 0 aromatic rings. The third-order valence-electron chi connectivity index (χ3n) is 2.30. The summed E-state index contributed by atoms with van der Waals surface area (Å²) in [4.78, 5) is 11.0. The Hall–Kier alpha value is -0.630. The summed E-state index contributed by atoms with van der Waals surface area (Å²) in [5.74, 6) is 0.775. The first-order chi connectivity index (χ1) is 6.24. The van der Waals surface area contributed by atoms with Crippen molar-refractivity contribution in [2.75, 3.05) is 6.54 Å². The van der Waals surface area contributed by atoms with Gasteiger partial charge in [0.2, 0.25) is 0 Å². The van der Waals surface area contributed by atoms with E-state index in [1.165, 1.54) is 18.9 Å². The Morgan fingerprint density at radius 3 is 2.62 bits per heavy atom. The number of ketones is 1. The fourth-order valence-electron chi connectivity index (χ4n) is 1.53. The fraction of sp³-hybridized carbons (Fsp3) is 0.727. The molecule has 0 amide bonds. The summed E-state index contributed by atoms with van der Waals surface area (Å²) in [6, 6.07) is 0. The Balaban J connectivity index is 3.67. The lowest BCUT2D eigenvalue weighted by atomic mass is 9.93. The normalized spacial score (nSPS) is 12.5. The van der Waals surface area contributed by atoms with Crippen LogP contribution >= 0.6 is 0 Å². The van der Waals surface area contributed by atoms with E-state index in [0.717, 1.165) is 19.4 Å². The molecule has 0 radical (unpaired) electrons. The summed E-state index contributed by atoms with van der Waals surface area (Å²) in [6.07, 6.45) is 6.41. The monoisotopic (exact) mass is 183 g/mol. The van der Waals surface area contributed by atoms with Crippen molar-refractivity contribution in [3.05, 3.63) is 12.7 Å². The largest absolute Gasteiger partial charge is 0.330 e. The minimum Gasteiger partial charge on any atom is -0.330 e. The van der Waals surface area contributed by atoms with Gasteiger partial charge >= 0.3 is 0 Å². The van der Waals surface area contributed by atoms with Gasteiger partial charge in [-0.05, 0) is 31.4 Å². The molecule has 0 aliphatic rings. The molecule has 0 aromatic carbocycles. The van der Waals surface area contributed by atoms with Crippen LogP contribution < -0.4 is 5.73 Å². The van der Waals surface area contributed by atoms with Gasteiger partial charge in [0.15, 0.2) is 5.78 Å². The number of allylic oxidation sites excluding steroid dienone is 1. The van der Waals surface area contributed by atoms with Crippen molar-refractivity contribution in [3.8, 4) is 0 Å². The molecular formula is C11H21NO. The Morgan fingerprint density at radius 2 is 2.15 bits per heavy atom. The van der Waals surface area contributed by atoms with Gasteiger partial charge in [-0.1, -0.05) is 26.3 Å². The van der Waals surface area contributed by atoms with Crippen molar-refractivity contribution in [1.29, 1.82) is 0 Å². The van der Waals surface area contributed by atoms with Gasteiger partial charge in [0.05, 0.1) is 0 Å². The first-order valence-electron chi connectivity index (χ1n) is 5.09. The SMILES string of the molecule is C=CC(=O)CCC(CCC)CCN. The maximum atomic E-state index is 11.0. The number of nitrogens with two attached hydrogens (primary N) is 1. The van der Waals surface area contributed by atoms with Crippen LogP contribution in [0.3, 0.4) is 0 Å². The topological polar surface area (TPSA) is 43.1 Å². The molecule has 0 heterocycles. The molecule has 0 aromatic heterocycles. The van der Waals surface area contributed by atoms with Crippen LogP contribution in [0.2, 0.25) is 0 Å². The van der Waals surface area contributed by atoms with Crippen molar-refractivity contribution in [3.63, 3.8) is 0 Å². The molecular weight excluding hydrogens is 162 g/mol. The van der Waals surface area contributed by atoms with Crippen LogP contribution in [0, 0.1) is 5.92 Å². The Kier molecular flexibility index (Phi) is 7.60. The summed E-state index contributed by atoms with van der Waals surface area (Å²) in [5.41, 5.74) is 5.49. The lowest BCUT2D eigenvalue weighted by molar-refractivity contribution is -0.114. The van der Waals surface area contributed by atoms with Gasteiger partial charge in [-0.3, -0.25) is 4.79 Å². The highest BCUT2D eigenvalue weighted by atomic mass is 16.1. The lowest BCUT2D eigenvalue weighted by Crippen LogP contribution is -2.10. The predicted octanol–water partition coefficient (Wildman–Crippen LogP) is 2.29. The number of carbonyl (C=O) groups excluding carboxylic acids is 1. The average Bonchev–Trinajstić information content (AvgIpc) is 2.14. The smallest absolute Gasteiger partial charge is 0.155 e. The molecule has 0 aliphatic carbocycles. The average molecular weight is 183 g/mol. The number of hydrogen-bond acceptors (Lipinski definition) is 2. The predicted molar refractivity (Wildman–Crippen MR) is 56.5 cm³/mol. The third kappa shape index (κ3) is 6.52. The van der Waals surface area contributed by atoms with Crippen LogP contribution in [-0.4, -0.2) is 12.3 Å². The van der Waals surface area contributed by atoms with E-state index in [2.05, 4.69) is 13.5 Å².